The van der Waals surface area contributed by atoms with Crippen molar-refractivity contribution < 1.29 is 9.53 Å². The highest BCUT2D eigenvalue weighted by Crippen LogP contribution is 2.47. The van der Waals surface area contributed by atoms with E-state index in [2.05, 4.69) is 21.7 Å². The maximum atomic E-state index is 12.8. The number of carbonyl (C=O) groups is 1. The van der Waals surface area contributed by atoms with E-state index in [4.69, 9.17) is 4.74 Å². The topological polar surface area (TPSA) is 45.7 Å². The fourth-order valence-electron chi connectivity index (χ4n) is 4.46. The van der Waals surface area contributed by atoms with Gasteiger partial charge in [-0.2, -0.15) is 0 Å². The molecule has 5 nitrogen and oxygen atoms in total. The molecule has 0 spiro atoms. The number of carbonyl (C=O) groups excluding carboxylic acids is 1. The van der Waals surface area contributed by atoms with Crippen molar-refractivity contribution in [3.8, 4) is 0 Å². The van der Waals surface area contributed by atoms with E-state index in [1.54, 1.807) is 13.3 Å². The normalized spacial score (nSPS) is 29.8. The van der Waals surface area contributed by atoms with Crippen molar-refractivity contribution >= 4 is 5.91 Å². The van der Waals surface area contributed by atoms with Crippen LogP contribution in [0.2, 0.25) is 0 Å². The summed E-state index contributed by atoms with van der Waals surface area (Å²) < 4.78 is 5.57. The van der Waals surface area contributed by atoms with Crippen LogP contribution in [-0.2, 0) is 16.1 Å². The highest BCUT2D eigenvalue weighted by atomic mass is 16.5. The Morgan fingerprint density at radius 2 is 2.33 bits per heavy atom. The maximum Gasteiger partial charge on any atom is 0.237 e. The predicted molar refractivity (Wildman–Crippen MR) is 93.4 cm³/mol. The summed E-state index contributed by atoms with van der Waals surface area (Å²) in [6, 6.07) is 4.36. The van der Waals surface area contributed by atoms with Gasteiger partial charge < -0.3 is 9.64 Å². The molecule has 0 unspecified atom stereocenters. The molecule has 24 heavy (non-hydrogen) atoms. The number of amides is 1. The van der Waals surface area contributed by atoms with Gasteiger partial charge in [0, 0.05) is 38.6 Å². The Kier molecular flexibility index (Phi) is 5.21. The minimum absolute atomic E-state index is 0.219. The molecule has 1 aliphatic heterocycles. The fraction of sp³-hybridized carbons (Fsp3) is 0.684. The van der Waals surface area contributed by atoms with E-state index in [1.165, 1.54) is 0 Å². The smallest absolute Gasteiger partial charge is 0.237 e. The first-order valence-corrected chi connectivity index (χ1v) is 8.91. The number of pyridine rings is 1. The zero-order valence-electron chi connectivity index (χ0n) is 15.1. The van der Waals surface area contributed by atoms with E-state index < -0.39 is 0 Å². The van der Waals surface area contributed by atoms with Gasteiger partial charge in [-0.3, -0.25) is 14.7 Å². The molecule has 0 radical (unpaired) electrons. The summed E-state index contributed by atoms with van der Waals surface area (Å²) in [6.45, 7) is 4.43. The van der Waals surface area contributed by atoms with Crippen LogP contribution in [0.3, 0.4) is 0 Å². The van der Waals surface area contributed by atoms with Gasteiger partial charge in [0.25, 0.3) is 0 Å². The van der Waals surface area contributed by atoms with Gasteiger partial charge in [-0.25, -0.2) is 0 Å². The van der Waals surface area contributed by atoms with E-state index in [-0.39, 0.29) is 11.3 Å². The van der Waals surface area contributed by atoms with Crippen LogP contribution >= 0.6 is 0 Å². The zero-order valence-corrected chi connectivity index (χ0v) is 15.1. The summed E-state index contributed by atoms with van der Waals surface area (Å²) in [5.41, 5.74) is 1.36. The minimum atomic E-state index is 0.219. The summed E-state index contributed by atoms with van der Waals surface area (Å²) in [5.74, 6) is 0.256. The first-order valence-electron chi connectivity index (χ1n) is 8.91. The molecule has 1 aromatic rings. The molecule has 1 saturated carbocycles. The number of likely N-dealkylation sites (tertiary alicyclic amines) is 1. The molecule has 5 heteroatoms. The number of hydrogen-bond acceptors (Lipinski definition) is 4. The molecule has 3 atom stereocenters. The lowest BCUT2D eigenvalue weighted by Crippen LogP contribution is -2.48. The van der Waals surface area contributed by atoms with Gasteiger partial charge in [0.1, 0.15) is 0 Å². The van der Waals surface area contributed by atoms with Crippen LogP contribution in [0, 0.1) is 5.41 Å². The molecule has 3 rings (SSSR count). The number of methoxy groups -OCH3 is 1. The fourth-order valence-corrected chi connectivity index (χ4v) is 4.46. The third kappa shape index (κ3) is 3.62. The van der Waals surface area contributed by atoms with Crippen molar-refractivity contribution in [3.63, 3.8) is 0 Å². The predicted octanol–water partition coefficient (Wildman–Crippen LogP) is 2.32. The van der Waals surface area contributed by atoms with Gasteiger partial charge in [0.05, 0.1) is 12.6 Å². The number of rotatable bonds is 5. The van der Waals surface area contributed by atoms with Gasteiger partial charge in [0.2, 0.25) is 5.91 Å². The number of hydrogen-bond donors (Lipinski definition) is 0. The van der Waals surface area contributed by atoms with Crippen LogP contribution in [-0.4, -0.2) is 60.1 Å². The number of fused-ring (bicyclic) bond motifs is 1. The maximum absolute atomic E-state index is 12.8. The van der Waals surface area contributed by atoms with Gasteiger partial charge in [-0.05, 0) is 49.8 Å². The molecule has 0 bridgehead atoms. The number of ether oxygens (including phenoxy) is 1. The van der Waals surface area contributed by atoms with Crippen LogP contribution in [0.25, 0.3) is 0 Å². The van der Waals surface area contributed by atoms with Crippen molar-refractivity contribution in [2.24, 2.45) is 5.41 Å². The molecular weight excluding hydrogens is 302 g/mol. The molecule has 2 aliphatic rings. The SMILES string of the molecule is CO[C@@H]1CC[C@H]2N(C(=O)CN(C)Cc3cccnc3)CC[C@@]2(C)C1. The summed E-state index contributed by atoms with van der Waals surface area (Å²) in [7, 11) is 3.81. The molecule has 1 aliphatic carbocycles. The lowest BCUT2D eigenvalue weighted by atomic mass is 9.71. The van der Waals surface area contributed by atoms with Gasteiger partial charge in [0.15, 0.2) is 0 Å². The summed E-state index contributed by atoms with van der Waals surface area (Å²) in [5, 5.41) is 0. The van der Waals surface area contributed by atoms with Gasteiger partial charge in [-0.1, -0.05) is 13.0 Å². The molecule has 2 heterocycles. The Labute approximate surface area is 145 Å². The summed E-state index contributed by atoms with van der Waals surface area (Å²) in [6.07, 6.45) is 8.28. The molecule has 1 saturated heterocycles. The molecule has 0 N–H and O–H groups in total. The van der Waals surface area contributed by atoms with E-state index in [0.29, 0.717) is 18.7 Å². The van der Waals surface area contributed by atoms with E-state index >= 15 is 0 Å². The number of aromatic nitrogens is 1. The standard InChI is InChI=1S/C19H29N3O2/c1-19-8-10-22(17(19)7-6-16(11-19)24-3)18(23)14-21(2)13-15-5-4-9-20-12-15/h4-5,9,12,16-17H,6-8,10-11,13-14H2,1-3H3/t16-,17-,19+/m1/s1. The lowest BCUT2D eigenvalue weighted by Gasteiger charge is -2.42. The van der Waals surface area contributed by atoms with Crippen LogP contribution in [0.1, 0.15) is 38.2 Å². The molecule has 1 amide bonds. The quantitative estimate of drug-likeness (QED) is 0.831. The molecule has 2 fully saturated rings. The highest BCUT2D eigenvalue weighted by Gasteiger charge is 2.49. The Morgan fingerprint density at radius 3 is 3.04 bits per heavy atom. The monoisotopic (exact) mass is 331 g/mol. The molecule has 1 aromatic heterocycles. The Bertz CT molecular complexity index is 565. The van der Waals surface area contributed by atoms with Gasteiger partial charge >= 0.3 is 0 Å². The first-order chi connectivity index (χ1) is 11.5. The van der Waals surface area contributed by atoms with E-state index in [0.717, 1.165) is 44.3 Å². The largest absolute Gasteiger partial charge is 0.381 e. The first kappa shape index (κ1) is 17.4. The Morgan fingerprint density at radius 1 is 1.50 bits per heavy atom. The van der Waals surface area contributed by atoms with Crippen molar-refractivity contribution in [2.75, 3.05) is 27.2 Å². The second kappa shape index (κ2) is 7.19. The molecule has 0 aromatic carbocycles. The van der Waals surface area contributed by atoms with Crippen molar-refractivity contribution in [2.45, 2.75) is 51.3 Å². The van der Waals surface area contributed by atoms with Crippen LogP contribution in [0.4, 0.5) is 0 Å². The number of likely N-dealkylation sites (N-methyl/N-ethyl adjacent to an activating group) is 1. The Hall–Kier alpha value is -1.46. The third-order valence-electron chi connectivity index (χ3n) is 5.79. The second-order valence-corrected chi connectivity index (χ2v) is 7.68. The summed E-state index contributed by atoms with van der Waals surface area (Å²) in [4.78, 5) is 21.2. The average molecular weight is 331 g/mol. The molecule has 132 valence electrons. The van der Waals surface area contributed by atoms with Crippen molar-refractivity contribution in [1.82, 2.24) is 14.8 Å². The summed E-state index contributed by atoms with van der Waals surface area (Å²) >= 11 is 0. The second-order valence-electron chi connectivity index (χ2n) is 7.68. The van der Waals surface area contributed by atoms with E-state index in [1.807, 2.05) is 25.4 Å². The van der Waals surface area contributed by atoms with Crippen LogP contribution in [0.15, 0.2) is 24.5 Å². The van der Waals surface area contributed by atoms with Gasteiger partial charge in [-0.15, -0.1) is 0 Å². The molecular formula is C19H29N3O2. The van der Waals surface area contributed by atoms with E-state index in [9.17, 15) is 4.79 Å². The zero-order chi connectivity index (χ0) is 17.2. The third-order valence-corrected chi connectivity index (χ3v) is 5.79. The van der Waals surface area contributed by atoms with Crippen molar-refractivity contribution in [1.29, 1.82) is 0 Å². The average Bonchev–Trinajstić information content (AvgIpc) is 2.91. The van der Waals surface area contributed by atoms with Crippen LogP contribution in [0.5, 0.6) is 0 Å². The van der Waals surface area contributed by atoms with Crippen molar-refractivity contribution in [3.05, 3.63) is 30.1 Å². The number of nitrogens with zero attached hydrogens (tertiary/aromatic N) is 3. The Balaban J connectivity index is 1.58. The lowest BCUT2D eigenvalue weighted by molar-refractivity contribution is -0.135. The highest BCUT2D eigenvalue weighted by molar-refractivity contribution is 5.79. The van der Waals surface area contributed by atoms with Crippen LogP contribution < -0.4 is 0 Å². The minimum Gasteiger partial charge on any atom is -0.381 e.